The summed E-state index contributed by atoms with van der Waals surface area (Å²) in [7, 11) is 0. The number of benzene rings is 1. The zero-order chi connectivity index (χ0) is 18.5. The maximum Gasteiger partial charge on any atom is 0.276 e. The summed E-state index contributed by atoms with van der Waals surface area (Å²) < 4.78 is 15.7. The minimum Gasteiger partial charge on any atom is -0.333 e. The fourth-order valence-corrected chi connectivity index (χ4v) is 3.42. The summed E-state index contributed by atoms with van der Waals surface area (Å²) in [6.07, 6.45) is 3.96. The van der Waals surface area contributed by atoms with Crippen molar-refractivity contribution in [1.29, 1.82) is 0 Å². The Kier molecular flexibility index (Phi) is 6.21. The molecule has 1 aliphatic heterocycles. The van der Waals surface area contributed by atoms with Gasteiger partial charge in [0.2, 0.25) is 0 Å². The highest BCUT2D eigenvalue weighted by molar-refractivity contribution is 6.31. The minimum atomic E-state index is -0.419. The second kappa shape index (κ2) is 8.60. The van der Waals surface area contributed by atoms with E-state index < -0.39 is 5.82 Å². The average Bonchev–Trinajstić information content (AvgIpc) is 3.10. The van der Waals surface area contributed by atoms with Gasteiger partial charge in [-0.05, 0) is 50.9 Å². The van der Waals surface area contributed by atoms with Crippen LogP contribution in [0.5, 0.6) is 0 Å². The van der Waals surface area contributed by atoms with E-state index in [0.29, 0.717) is 23.0 Å². The van der Waals surface area contributed by atoms with Crippen LogP contribution in [0.15, 0.2) is 24.4 Å². The van der Waals surface area contributed by atoms with Crippen molar-refractivity contribution in [3.63, 3.8) is 0 Å². The van der Waals surface area contributed by atoms with E-state index in [4.69, 9.17) is 11.6 Å². The highest BCUT2D eigenvalue weighted by Gasteiger charge is 2.21. The Morgan fingerprint density at radius 3 is 3.04 bits per heavy atom. The summed E-state index contributed by atoms with van der Waals surface area (Å²) >= 11 is 6.08. The molecule has 1 atom stereocenters. The van der Waals surface area contributed by atoms with Crippen LogP contribution in [0.25, 0.3) is 0 Å². The molecule has 1 fully saturated rings. The highest BCUT2D eigenvalue weighted by atomic mass is 35.5. The van der Waals surface area contributed by atoms with Crippen molar-refractivity contribution in [1.82, 2.24) is 25.2 Å². The van der Waals surface area contributed by atoms with Gasteiger partial charge in [0.1, 0.15) is 5.82 Å². The van der Waals surface area contributed by atoms with Crippen LogP contribution in [0.4, 0.5) is 4.39 Å². The summed E-state index contributed by atoms with van der Waals surface area (Å²) in [6.45, 7) is 5.10. The first-order valence-electron chi connectivity index (χ1n) is 8.91. The van der Waals surface area contributed by atoms with E-state index in [1.54, 1.807) is 23.0 Å². The van der Waals surface area contributed by atoms with Crippen LogP contribution < -0.4 is 5.32 Å². The maximum absolute atomic E-state index is 14.0. The normalized spacial score (nSPS) is 17.3. The fraction of sp³-hybridized carbons (Fsp3) is 0.500. The molecule has 2 heterocycles. The first kappa shape index (κ1) is 18.8. The van der Waals surface area contributed by atoms with Crippen molar-refractivity contribution in [2.24, 2.45) is 5.92 Å². The van der Waals surface area contributed by atoms with E-state index in [-0.39, 0.29) is 18.1 Å². The summed E-state index contributed by atoms with van der Waals surface area (Å²) in [5.74, 6) is -0.204. The number of piperidine rings is 1. The molecule has 6 nitrogen and oxygen atoms in total. The van der Waals surface area contributed by atoms with E-state index in [1.807, 2.05) is 6.92 Å². The topological polar surface area (TPSA) is 63.1 Å². The smallest absolute Gasteiger partial charge is 0.276 e. The van der Waals surface area contributed by atoms with Gasteiger partial charge < -0.3 is 10.2 Å². The van der Waals surface area contributed by atoms with E-state index in [1.165, 1.54) is 11.0 Å². The van der Waals surface area contributed by atoms with Crippen molar-refractivity contribution < 1.29 is 9.18 Å². The number of carbonyl (C=O) groups is 1. The molecule has 1 aliphatic rings. The zero-order valence-corrected chi connectivity index (χ0v) is 15.5. The Morgan fingerprint density at radius 1 is 1.50 bits per heavy atom. The third kappa shape index (κ3) is 4.40. The second-order valence-electron chi connectivity index (χ2n) is 6.56. The molecule has 0 saturated carbocycles. The van der Waals surface area contributed by atoms with Gasteiger partial charge in [0, 0.05) is 23.7 Å². The third-order valence-corrected chi connectivity index (χ3v) is 5.04. The van der Waals surface area contributed by atoms with Crippen molar-refractivity contribution >= 4 is 17.5 Å². The van der Waals surface area contributed by atoms with Crippen molar-refractivity contribution in [2.75, 3.05) is 19.6 Å². The van der Waals surface area contributed by atoms with Crippen LogP contribution in [0.2, 0.25) is 5.02 Å². The van der Waals surface area contributed by atoms with Gasteiger partial charge in [-0.3, -0.25) is 9.48 Å². The van der Waals surface area contributed by atoms with Crippen LogP contribution in [0.1, 0.15) is 35.8 Å². The Labute approximate surface area is 157 Å². The number of aromatic nitrogens is 3. The predicted octanol–water partition coefficient (Wildman–Crippen LogP) is 2.73. The molecule has 0 aliphatic carbocycles. The maximum atomic E-state index is 14.0. The molecule has 140 valence electrons. The van der Waals surface area contributed by atoms with Crippen LogP contribution in [-0.4, -0.2) is 45.4 Å². The molecule has 0 spiro atoms. The van der Waals surface area contributed by atoms with Gasteiger partial charge in [-0.2, -0.15) is 0 Å². The third-order valence-electron chi connectivity index (χ3n) is 4.68. The monoisotopic (exact) mass is 379 g/mol. The summed E-state index contributed by atoms with van der Waals surface area (Å²) in [6, 6.07) is 4.51. The number of hydrogen-bond acceptors (Lipinski definition) is 4. The van der Waals surface area contributed by atoms with Crippen molar-refractivity contribution in [3.05, 3.63) is 46.5 Å². The minimum absolute atomic E-state index is 0.0975. The molecule has 1 aromatic heterocycles. The van der Waals surface area contributed by atoms with E-state index >= 15 is 0 Å². The number of nitrogens with zero attached hydrogens (tertiary/aromatic N) is 4. The summed E-state index contributed by atoms with van der Waals surface area (Å²) in [5, 5.41) is 11.8. The SMILES string of the molecule is CCN(Cc1c(F)cccc1Cl)C(=O)c1cn(CC2CCCNC2)nn1. The van der Waals surface area contributed by atoms with E-state index in [9.17, 15) is 9.18 Å². The Hall–Kier alpha value is -1.99. The van der Waals surface area contributed by atoms with E-state index in [2.05, 4.69) is 15.6 Å². The average molecular weight is 380 g/mol. The molecule has 1 amide bonds. The van der Waals surface area contributed by atoms with Crippen LogP contribution >= 0.6 is 11.6 Å². The predicted molar refractivity (Wildman–Crippen MR) is 97.4 cm³/mol. The van der Waals surface area contributed by atoms with Crippen LogP contribution in [-0.2, 0) is 13.1 Å². The molecule has 0 bridgehead atoms. The molecule has 1 aromatic carbocycles. The zero-order valence-electron chi connectivity index (χ0n) is 14.8. The molecular formula is C18H23ClFN5O. The molecule has 0 radical (unpaired) electrons. The number of nitrogens with one attached hydrogen (secondary N) is 1. The molecule has 1 saturated heterocycles. The standard InChI is InChI=1S/C18H23ClFN5O/c1-2-24(11-14-15(19)6-3-7-16(14)20)18(26)17-12-25(23-22-17)10-13-5-4-8-21-9-13/h3,6-7,12-13,21H,2,4-5,8-11H2,1H3. The number of halogens is 2. The molecule has 26 heavy (non-hydrogen) atoms. The number of hydrogen-bond donors (Lipinski definition) is 1. The van der Waals surface area contributed by atoms with Gasteiger partial charge in [-0.25, -0.2) is 4.39 Å². The summed E-state index contributed by atoms with van der Waals surface area (Å²) in [5.41, 5.74) is 0.577. The van der Waals surface area contributed by atoms with Gasteiger partial charge in [0.05, 0.1) is 12.7 Å². The lowest BCUT2D eigenvalue weighted by molar-refractivity contribution is 0.0745. The summed E-state index contributed by atoms with van der Waals surface area (Å²) in [4.78, 5) is 14.3. The molecule has 8 heteroatoms. The van der Waals surface area contributed by atoms with Gasteiger partial charge in [0.25, 0.3) is 5.91 Å². The van der Waals surface area contributed by atoms with Crippen LogP contribution in [0.3, 0.4) is 0 Å². The number of carbonyl (C=O) groups excluding carboxylic acids is 1. The van der Waals surface area contributed by atoms with E-state index in [0.717, 1.165) is 32.5 Å². The Morgan fingerprint density at radius 2 is 2.35 bits per heavy atom. The largest absolute Gasteiger partial charge is 0.333 e. The molecule has 3 rings (SSSR count). The van der Waals surface area contributed by atoms with Gasteiger partial charge in [-0.1, -0.05) is 22.9 Å². The molecule has 1 N–H and O–H groups in total. The van der Waals surface area contributed by atoms with Gasteiger partial charge >= 0.3 is 0 Å². The second-order valence-corrected chi connectivity index (χ2v) is 6.96. The fourth-order valence-electron chi connectivity index (χ4n) is 3.19. The Bertz CT molecular complexity index is 740. The lowest BCUT2D eigenvalue weighted by atomic mass is 10.00. The van der Waals surface area contributed by atoms with Gasteiger partial charge in [0.15, 0.2) is 5.69 Å². The number of amides is 1. The lowest BCUT2D eigenvalue weighted by Gasteiger charge is -2.22. The lowest BCUT2D eigenvalue weighted by Crippen LogP contribution is -2.32. The molecule has 2 aromatic rings. The first-order chi connectivity index (χ1) is 12.6. The van der Waals surface area contributed by atoms with Crippen LogP contribution in [0, 0.1) is 11.7 Å². The highest BCUT2D eigenvalue weighted by Crippen LogP contribution is 2.21. The van der Waals surface area contributed by atoms with Crippen molar-refractivity contribution in [3.8, 4) is 0 Å². The van der Waals surface area contributed by atoms with Crippen molar-refractivity contribution in [2.45, 2.75) is 32.9 Å². The first-order valence-corrected chi connectivity index (χ1v) is 9.29. The number of rotatable bonds is 6. The quantitative estimate of drug-likeness (QED) is 0.838. The molecular weight excluding hydrogens is 357 g/mol. The molecule has 1 unspecified atom stereocenters. The Balaban J connectivity index is 1.68. The van der Waals surface area contributed by atoms with Gasteiger partial charge in [-0.15, -0.1) is 5.10 Å².